The van der Waals surface area contributed by atoms with Gasteiger partial charge in [0.05, 0.1) is 26.4 Å². The van der Waals surface area contributed by atoms with E-state index in [0.29, 0.717) is 18.2 Å². The van der Waals surface area contributed by atoms with E-state index in [0.717, 1.165) is 20.9 Å². The van der Waals surface area contributed by atoms with E-state index < -0.39 is 0 Å². The maximum atomic E-state index is 12.5. The third-order valence-electron chi connectivity index (χ3n) is 4.83. The zero-order valence-corrected chi connectivity index (χ0v) is 16.7. The minimum atomic E-state index is -0.0208. The van der Waals surface area contributed by atoms with E-state index in [1.807, 2.05) is 12.1 Å². The fraction of sp³-hybridized carbons (Fsp3) is 0.250. The highest BCUT2D eigenvalue weighted by Gasteiger charge is 2.34. The van der Waals surface area contributed by atoms with Crippen LogP contribution >= 0.6 is 22.7 Å². The molecule has 0 unspecified atom stereocenters. The van der Waals surface area contributed by atoms with E-state index in [1.165, 1.54) is 27.2 Å². The molecule has 1 saturated heterocycles. The van der Waals surface area contributed by atoms with Gasteiger partial charge in [-0.05, 0) is 49.2 Å². The number of carbonyl (C=O) groups is 1. The highest BCUT2D eigenvalue weighted by Crippen LogP contribution is 2.34. The number of aromatic nitrogens is 2. The Bertz CT molecular complexity index is 1170. The normalized spacial score (nSPS) is 14.7. The molecule has 136 valence electrons. The lowest BCUT2D eigenvalue weighted by molar-refractivity contribution is -0.120. The van der Waals surface area contributed by atoms with E-state index >= 15 is 0 Å². The average Bonchev–Trinajstić information content (AvgIpc) is 3.15. The van der Waals surface area contributed by atoms with Crippen molar-refractivity contribution in [2.45, 2.75) is 13.8 Å². The van der Waals surface area contributed by atoms with Gasteiger partial charge < -0.3 is 10.2 Å². The van der Waals surface area contributed by atoms with Gasteiger partial charge in [-0.1, -0.05) is 34.8 Å². The molecule has 27 heavy (non-hydrogen) atoms. The highest BCUT2D eigenvalue weighted by molar-refractivity contribution is 7.22. The summed E-state index contributed by atoms with van der Waals surface area (Å²) in [4.78, 5) is 23.9. The monoisotopic (exact) mass is 394 g/mol. The van der Waals surface area contributed by atoms with Crippen LogP contribution in [0.3, 0.4) is 0 Å². The molecule has 5 nitrogen and oxygen atoms in total. The number of nitrogens with zero attached hydrogens (tertiary/aromatic N) is 3. The summed E-state index contributed by atoms with van der Waals surface area (Å²) in [5, 5.41) is 4.65. The van der Waals surface area contributed by atoms with Crippen molar-refractivity contribution in [3.05, 3.63) is 47.5 Å². The quantitative estimate of drug-likeness (QED) is 0.552. The fourth-order valence-corrected chi connectivity index (χ4v) is 5.30. The van der Waals surface area contributed by atoms with Gasteiger partial charge in [-0.3, -0.25) is 4.79 Å². The molecule has 1 fully saturated rings. The van der Waals surface area contributed by atoms with Crippen LogP contribution in [0.25, 0.3) is 20.4 Å². The van der Waals surface area contributed by atoms with Crippen LogP contribution in [0, 0.1) is 19.8 Å². The SMILES string of the molecule is Cc1ccc2nc(NC(=O)C3CN(c4nc5ccc(C)cc5s4)C3)sc2c1. The summed E-state index contributed by atoms with van der Waals surface area (Å²) in [6.07, 6.45) is 0. The first-order chi connectivity index (χ1) is 13.0. The first-order valence-corrected chi connectivity index (χ1v) is 10.5. The molecule has 4 aromatic rings. The summed E-state index contributed by atoms with van der Waals surface area (Å²) in [6, 6.07) is 12.4. The lowest BCUT2D eigenvalue weighted by Crippen LogP contribution is -2.52. The van der Waals surface area contributed by atoms with Crippen molar-refractivity contribution < 1.29 is 4.79 Å². The second-order valence-corrected chi connectivity index (χ2v) is 9.09. The molecule has 0 bridgehead atoms. The topological polar surface area (TPSA) is 58.1 Å². The second-order valence-electron chi connectivity index (χ2n) is 7.05. The number of rotatable bonds is 3. The molecule has 7 heteroatoms. The van der Waals surface area contributed by atoms with E-state index in [2.05, 4.69) is 53.3 Å². The summed E-state index contributed by atoms with van der Waals surface area (Å²) in [5.74, 6) is 0.0199. The number of fused-ring (bicyclic) bond motifs is 2. The molecule has 2 aromatic carbocycles. The van der Waals surface area contributed by atoms with E-state index in [9.17, 15) is 4.79 Å². The number of anilines is 2. The Labute approximate surface area is 164 Å². The van der Waals surface area contributed by atoms with Crippen molar-refractivity contribution in [1.82, 2.24) is 9.97 Å². The van der Waals surface area contributed by atoms with Crippen LogP contribution in [0.4, 0.5) is 10.3 Å². The molecule has 1 aliphatic heterocycles. The summed E-state index contributed by atoms with van der Waals surface area (Å²) in [5.41, 5.74) is 4.40. The predicted octanol–water partition coefficient (Wildman–Crippen LogP) is 4.60. The molecule has 1 aliphatic rings. The van der Waals surface area contributed by atoms with Crippen molar-refractivity contribution in [1.29, 1.82) is 0 Å². The van der Waals surface area contributed by atoms with Crippen LogP contribution in [-0.2, 0) is 4.79 Å². The summed E-state index contributed by atoms with van der Waals surface area (Å²) < 4.78 is 2.30. The number of carbonyl (C=O) groups excluding carboxylic acids is 1. The Kier molecular flexibility index (Phi) is 3.87. The minimum Gasteiger partial charge on any atom is -0.346 e. The van der Waals surface area contributed by atoms with Gasteiger partial charge in [0.2, 0.25) is 5.91 Å². The van der Waals surface area contributed by atoms with Crippen molar-refractivity contribution in [2.24, 2.45) is 5.92 Å². The average molecular weight is 395 g/mol. The second kappa shape index (κ2) is 6.28. The molecule has 3 heterocycles. The summed E-state index contributed by atoms with van der Waals surface area (Å²) >= 11 is 3.22. The standard InChI is InChI=1S/C20H18N4OS2/c1-11-3-5-14-16(7-11)26-19(21-14)23-18(25)13-9-24(10-13)20-22-15-6-4-12(2)8-17(15)27-20/h3-8,13H,9-10H2,1-2H3,(H,21,23,25). The number of hydrogen-bond donors (Lipinski definition) is 1. The number of amides is 1. The van der Waals surface area contributed by atoms with E-state index in [1.54, 1.807) is 11.3 Å². The molecule has 5 rings (SSSR count). The van der Waals surface area contributed by atoms with Crippen molar-refractivity contribution >= 4 is 59.3 Å². The minimum absolute atomic E-state index is 0.0208. The molecule has 1 amide bonds. The van der Waals surface area contributed by atoms with Gasteiger partial charge in [0.1, 0.15) is 0 Å². The predicted molar refractivity (Wildman–Crippen MR) is 113 cm³/mol. The van der Waals surface area contributed by atoms with Gasteiger partial charge >= 0.3 is 0 Å². The van der Waals surface area contributed by atoms with Gasteiger partial charge in [0.15, 0.2) is 10.3 Å². The van der Waals surface area contributed by atoms with Crippen LogP contribution in [0.2, 0.25) is 0 Å². The number of aryl methyl sites for hydroxylation is 2. The molecular formula is C20H18N4OS2. The molecule has 2 aromatic heterocycles. The van der Waals surface area contributed by atoms with Crippen molar-refractivity contribution in [2.75, 3.05) is 23.3 Å². The fourth-order valence-electron chi connectivity index (χ4n) is 3.25. The molecule has 0 atom stereocenters. The third kappa shape index (κ3) is 3.07. The largest absolute Gasteiger partial charge is 0.346 e. The van der Waals surface area contributed by atoms with Crippen molar-refractivity contribution in [3.63, 3.8) is 0 Å². The van der Waals surface area contributed by atoms with Crippen molar-refractivity contribution in [3.8, 4) is 0 Å². The molecule has 0 saturated carbocycles. The van der Waals surface area contributed by atoms with Crippen LogP contribution in [-0.4, -0.2) is 29.0 Å². The lowest BCUT2D eigenvalue weighted by atomic mass is 10.0. The van der Waals surface area contributed by atoms with Crippen LogP contribution in [0.5, 0.6) is 0 Å². The van der Waals surface area contributed by atoms with Gasteiger partial charge in [0, 0.05) is 13.1 Å². The Morgan fingerprint density at radius 3 is 2.33 bits per heavy atom. The molecule has 0 spiro atoms. The molecule has 1 N–H and O–H groups in total. The Balaban J connectivity index is 1.25. The Morgan fingerprint density at radius 1 is 1.00 bits per heavy atom. The third-order valence-corrected chi connectivity index (χ3v) is 6.84. The molecule has 0 aliphatic carbocycles. The number of hydrogen-bond acceptors (Lipinski definition) is 6. The Morgan fingerprint density at radius 2 is 1.63 bits per heavy atom. The van der Waals surface area contributed by atoms with Crippen LogP contribution in [0.15, 0.2) is 36.4 Å². The number of thiazole rings is 2. The molecule has 0 radical (unpaired) electrons. The maximum Gasteiger partial charge on any atom is 0.232 e. The lowest BCUT2D eigenvalue weighted by Gasteiger charge is -2.37. The number of benzene rings is 2. The summed E-state index contributed by atoms with van der Waals surface area (Å²) in [6.45, 7) is 5.55. The van der Waals surface area contributed by atoms with Gasteiger partial charge in [-0.25, -0.2) is 9.97 Å². The van der Waals surface area contributed by atoms with Crippen LogP contribution in [0.1, 0.15) is 11.1 Å². The number of nitrogens with one attached hydrogen (secondary N) is 1. The summed E-state index contributed by atoms with van der Waals surface area (Å²) in [7, 11) is 0. The zero-order chi connectivity index (χ0) is 18.5. The first-order valence-electron chi connectivity index (χ1n) is 8.85. The zero-order valence-electron chi connectivity index (χ0n) is 15.0. The van der Waals surface area contributed by atoms with Gasteiger partial charge in [-0.15, -0.1) is 0 Å². The Hall–Kier alpha value is -2.51. The smallest absolute Gasteiger partial charge is 0.232 e. The van der Waals surface area contributed by atoms with Gasteiger partial charge in [-0.2, -0.15) is 0 Å². The van der Waals surface area contributed by atoms with E-state index in [4.69, 9.17) is 4.98 Å². The first kappa shape index (κ1) is 16.6. The van der Waals surface area contributed by atoms with E-state index in [-0.39, 0.29) is 11.8 Å². The maximum absolute atomic E-state index is 12.5. The van der Waals surface area contributed by atoms with Gasteiger partial charge in [0.25, 0.3) is 0 Å². The van der Waals surface area contributed by atoms with Crippen LogP contribution < -0.4 is 10.2 Å². The molecular weight excluding hydrogens is 376 g/mol. The highest BCUT2D eigenvalue weighted by atomic mass is 32.1.